The van der Waals surface area contributed by atoms with E-state index in [9.17, 15) is 0 Å². The van der Waals surface area contributed by atoms with Crippen LogP contribution in [0.25, 0.3) is 0 Å². The molecule has 1 heteroatoms. The zero-order valence-electron chi connectivity index (χ0n) is 8.98. The van der Waals surface area contributed by atoms with E-state index in [0.29, 0.717) is 5.41 Å². The van der Waals surface area contributed by atoms with E-state index in [4.69, 9.17) is 5.73 Å². The van der Waals surface area contributed by atoms with Gasteiger partial charge in [-0.2, -0.15) is 0 Å². The third-order valence-electron chi connectivity index (χ3n) is 4.08. The highest BCUT2D eigenvalue weighted by Crippen LogP contribution is 2.53. The summed E-state index contributed by atoms with van der Waals surface area (Å²) < 4.78 is 0. The molecule has 2 N–H and O–H groups in total. The number of hydrogen-bond donors (Lipinski definition) is 1. The van der Waals surface area contributed by atoms with Crippen LogP contribution in [0, 0.1) is 11.3 Å². The summed E-state index contributed by atoms with van der Waals surface area (Å²) in [6, 6.07) is 0. The van der Waals surface area contributed by atoms with Gasteiger partial charge >= 0.3 is 0 Å². The second-order valence-electron chi connectivity index (χ2n) is 4.89. The Hall–Kier alpha value is -0.0400. The van der Waals surface area contributed by atoms with Gasteiger partial charge in [-0.3, -0.25) is 0 Å². The molecular formula is C11H23N. The van der Waals surface area contributed by atoms with Crippen LogP contribution in [0.4, 0.5) is 0 Å². The second-order valence-corrected chi connectivity index (χ2v) is 4.89. The summed E-state index contributed by atoms with van der Waals surface area (Å²) in [5.74, 6) is 0.796. The maximum Gasteiger partial charge on any atom is 0.0210 e. The van der Waals surface area contributed by atoms with E-state index in [2.05, 4.69) is 27.7 Å². The molecule has 0 saturated heterocycles. The normalized spacial score (nSPS) is 21.5. The highest BCUT2D eigenvalue weighted by molar-refractivity contribution is 5.10. The first-order valence-corrected chi connectivity index (χ1v) is 5.27. The first-order chi connectivity index (χ1) is 5.48. The average molecular weight is 169 g/mol. The molecule has 0 aromatic heterocycles. The summed E-state index contributed by atoms with van der Waals surface area (Å²) in [4.78, 5) is 0. The predicted molar refractivity (Wildman–Crippen MR) is 54.0 cm³/mol. The third-order valence-corrected chi connectivity index (χ3v) is 4.08. The fourth-order valence-corrected chi connectivity index (χ4v) is 2.49. The van der Waals surface area contributed by atoms with Crippen molar-refractivity contribution in [3.8, 4) is 0 Å². The molecule has 1 aliphatic carbocycles. The Morgan fingerprint density at radius 2 is 1.67 bits per heavy atom. The molecule has 72 valence electrons. The van der Waals surface area contributed by atoms with Crippen LogP contribution in [-0.2, 0) is 0 Å². The molecular weight excluding hydrogens is 146 g/mol. The molecule has 0 bridgehead atoms. The van der Waals surface area contributed by atoms with E-state index < -0.39 is 0 Å². The van der Waals surface area contributed by atoms with Crippen LogP contribution in [-0.4, -0.2) is 5.54 Å². The van der Waals surface area contributed by atoms with E-state index in [-0.39, 0.29) is 5.54 Å². The lowest BCUT2D eigenvalue weighted by molar-refractivity contribution is 0.141. The van der Waals surface area contributed by atoms with Gasteiger partial charge in [0.05, 0.1) is 0 Å². The third kappa shape index (κ3) is 1.39. The van der Waals surface area contributed by atoms with Crippen LogP contribution in [0.3, 0.4) is 0 Å². The van der Waals surface area contributed by atoms with Crippen molar-refractivity contribution >= 4 is 0 Å². The van der Waals surface area contributed by atoms with Gasteiger partial charge in [0.1, 0.15) is 0 Å². The van der Waals surface area contributed by atoms with E-state index in [1.807, 2.05) is 0 Å². The van der Waals surface area contributed by atoms with Crippen molar-refractivity contribution in [1.29, 1.82) is 0 Å². The van der Waals surface area contributed by atoms with E-state index in [0.717, 1.165) is 5.92 Å². The Balaban J connectivity index is 2.68. The van der Waals surface area contributed by atoms with Crippen LogP contribution in [0.5, 0.6) is 0 Å². The van der Waals surface area contributed by atoms with Gasteiger partial charge in [-0.1, -0.05) is 40.5 Å². The molecule has 0 spiro atoms. The van der Waals surface area contributed by atoms with Gasteiger partial charge in [-0.15, -0.1) is 0 Å². The predicted octanol–water partition coefficient (Wildman–Crippen LogP) is 2.94. The SMILES string of the molecule is CCC(CC)C(C)(C)C1(N)CC1. The van der Waals surface area contributed by atoms with Crippen LogP contribution < -0.4 is 5.73 Å². The summed E-state index contributed by atoms with van der Waals surface area (Å²) >= 11 is 0. The van der Waals surface area contributed by atoms with Gasteiger partial charge < -0.3 is 5.73 Å². The Bertz CT molecular complexity index is 152. The summed E-state index contributed by atoms with van der Waals surface area (Å²) in [5, 5.41) is 0. The van der Waals surface area contributed by atoms with E-state index in [1.165, 1.54) is 25.7 Å². The van der Waals surface area contributed by atoms with Crippen LogP contribution in [0.2, 0.25) is 0 Å². The van der Waals surface area contributed by atoms with Crippen LogP contribution >= 0.6 is 0 Å². The lowest BCUT2D eigenvalue weighted by Gasteiger charge is -2.39. The lowest BCUT2D eigenvalue weighted by atomic mass is 9.69. The zero-order chi connectivity index (χ0) is 9.41. The minimum absolute atomic E-state index is 0.170. The Labute approximate surface area is 76.7 Å². The molecule has 0 amide bonds. The summed E-state index contributed by atoms with van der Waals surface area (Å²) in [5.41, 5.74) is 6.79. The minimum atomic E-state index is 0.170. The standard InChI is InChI=1S/C11H23N/c1-5-9(6-2)10(3,4)11(12)7-8-11/h9H,5-8,12H2,1-4H3. The molecule has 1 rings (SSSR count). The van der Waals surface area contributed by atoms with Crippen LogP contribution in [0.15, 0.2) is 0 Å². The number of rotatable bonds is 4. The molecule has 1 saturated carbocycles. The molecule has 0 unspecified atom stereocenters. The maximum absolute atomic E-state index is 6.28. The van der Waals surface area contributed by atoms with Gasteiger partial charge in [-0.25, -0.2) is 0 Å². The molecule has 0 aromatic carbocycles. The van der Waals surface area contributed by atoms with Crippen molar-refractivity contribution in [2.45, 2.75) is 58.9 Å². The molecule has 0 radical (unpaired) electrons. The lowest BCUT2D eigenvalue weighted by Crippen LogP contribution is -2.44. The van der Waals surface area contributed by atoms with Crippen molar-refractivity contribution < 1.29 is 0 Å². The van der Waals surface area contributed by atoms with Gasteiger partial charge in [0.15, 0.2) is 0 Å². The Kier molecular flexibility index (Phi) is 2.53. The van der Waals surface area contributed by atoms with Crippen molar-refractivity contribution in [3.63, 3.8) is 0 Å². The van der Waals surface area contributed by atoms with Gasteiger partial charge in [0.25, 0.3) is 0 Å². The fourth-order valence-electron chi connectivity index (χ4n) is 2.49. The van der Waals surface area contributed by atoms with Gasteiger partial charge in [-0.05, 0) is 24.2 Å². The van der Waals surface area contributed by atoms with Crippen molar-refractivity contribution in [1.82, 2.24) is 0 Å². The van der Waals surface area contributed by atoms with Crippen molar-refractivity contribution in [2.24, 2.45) is 17.1 Å². The molecule has 12 heavy (non-hydrogen) atoms. The number of hydrogen-bond acceptors (Lipinski definition) is 1. The first kappa shape index (κ1) is 10.0. The van der Waals surface area contributed by atoms with E-state index >= 15 is 0 Å². The first-order valence-electron chi connectivity index (χ1n) is 5.27. The molecule has 0 aliphatic heterocycles. The monoisotopic (exact) mass is 169 g/mol. The largest absolute Gasteiger partial charge is 0.325 e. The number of nitrogens with two attached hydrogens (primary N) is 1. The van der Waals surface area contributed by atoms with Gasteiger partial charge in [0.2, 0.25) is 0 Å². The molecule has 0 heterocycles. The molecule has 1 aliphatic rings. The Morgan fingerprint density at radius 1 is 1.25 bits per heavy atom. The topological polar surface area (TPSA) is 26.0 Å². The zero-order valence-corrected chi connectivity index (χ0v) is 8.98. The highest BCUT2D eigenvalue weighted by Gasteiger charge is 2.53. The maximum atomic E-state index is 6.28. The van der Waals surface area contributed by atoms with Crippen molar-refractivity contribution in [3.05, 3.63) is 0 Å². The minimum Gasteiger partial charge on any atom is -0.325 e. The summed E-state index contributed by atoms with van der Waals surface area (Å²) in [6.07, 6.45) is 5.00. The summed E-state index contributed by atoms with van der Waals surface area (Å²) in [7, 11) is 0. The molecule has 1 fully saturated rings. The molecule has 1 nitrogen and oxygen atoms in total. The van der Waals surface area contributed by atoms with Crippen LogP contribution in [0.1, 0.15) is 53.4 Å². The molecule has 0 atom stereocenters. The summed E-state index contributed by atoms with van der Waals surface area (Å²) in [6.45, 7) is 9.25. The average Bonchev–Trinajstić information content (AvgIpc) is 2.71. The Morgan fingerprint density at radius 3 is 1.92 bits per heavy atom. The fraction of sp³-hybridized carbons (Fsp3) is 1.00. The second kappa shape index (κ2) is 3.02. The molecule has 0 aromatic rings. The van der Waals surface area contributed by atoms with E-state index in [1.54, 1.807) is 0 Å². The van der Waals surface area contributed by atoms with Gasteiger partial charge in [0, 0.05) is 5.54 Å². The quantitative estimate of drug-likeness (QED) is 0.688. The highest BCUT2D eigenvalue weighted by atomic mass is 14.9. The smallest absolute Gasteiger partial charge is 0.0210 e. The van der Waals surface area contributed by atoms with Crippen molar-refractivity contribution in [2.75, 3.05) is 0 Å².